The van der Waals surface area contributed by atoms with Crippen LogP contribution in [0.5, 0.6) is 5.75 Å². The number of carboxylic acid groups (broad SMARTS) is 1. The van der Waals surface area contributed by atoms with Crippen molar-refractivity contribution in [2.24, 2.45) is 0 Å². The van der Waals surface area contributed by atoms with Gasteiger partial charge < -0.3 is 9.84 Å². The Balaban J connectivity index is 2.47. The molecule has 0 bridgehead atoms. The fourth-order valence-electron chi connectivity index (χ4n) is 3.85. The largest absolute Gasteiger partial charge is 0.496 e. The number of benzene rings is 1. The van der Waals surface area contributed by atoms with Crippen LogP contribution < -0.4 is 4.74 Å². The molecule has 0 amide bonds. The summed E-state index contributed by atoms with van der Waals surface area (Å²) in [5.74, 6) is -0.830. The van der Waals surface area contributed by atoms with Crippen molar-refractivity contribution >= 4 is 11.6 Å². The Morgan fingerprint density at radius 1 is 1.23 bits per heavy atom. The Hall–Kier alpha value is -2.89. The summed E-state index contributed by atoms with van der Waals surface area (Å²) in [6, 6.07) is 7.93. The van der Waals surface area contributed by atoms with Crippen molar-refractivity contribution in [2.45, 2.75) is 65.7 Å². The predicted molar refractivity (Wildman–Crippen MR) is 118 cm³/mol. The molecule has 0 aliphatic carbocycles. The number of carbonyl (C=O) groups is 1. The van der Waals surface area contributed by atoms with Crippen LogP contribution in [0, 0.1) is 13.8 Å². The molecule has 160 valence electrons. The third kappa shape index (κ3) is 3.91. The molecule has 2 aromatic heterocycles. The Kier molecular flexibility index (Phi) is 5.88. The highest BCUT2D eigenvalue weighted by atomic mass is 16.5. The van der Waals surface area contributed by atoms with E-state index in [1.807, 2.05) is 45.0 Å². The molecule has 0 spiro atoms. The molecule has 0 aliphatic rings. The van der Waals surface area contributed by atoms with Gasteiger partial charge in [0.25, 0.3) is 0 Å². The van der Waals surface area contributed by atoms with Crippen molar-refractivity contribution in [1.29, 1.82) is 0 Å². The zero-order chi connectivity index (χ0) is 22.2. The molecule has 2 heterocycles. The van der Waals surface area contributed by atoms with Crippen LogP contribution in [0.4, 0.5) is 0 Å². The minimum Gasteiger partial charge on any atom is -0.496 e. The first-order valence-electron chi connectivity index (χ1n) is 10.4. The van der Waals surface area contributed by atoms with Crippen molar-refractivity contribution in [3.8, 4) is 17.0 Å². The first kappa shape index (κ1) is 21.8. The Morgan fingerprint density at radius 2 is 1.93 bits per heavy atom. The number of rotatable bonds is 6. The molecule has 3 rings (SSSR count). The van der Waals surface area contributed by atoms with Gasteiger partial charge in [-0.25, -0.2) is 9.50 Å². The maximum atomic E-state index is 12.2. The molecule has 30 heavy (non-hydrogen) atoms. The second-order valence-corrected chi connectivity index (χ2v) is 8.89. The zero-order valence-electron chi connectivity index (χ0n) is 18.9. The molecule has 0 saturated heterocycles. The maximum Gasteiger partial charge on any atom is 0.311 e. The second-order valence-electron chi connectivity index (χ2n) is 8.89. The van der Waals surface area contributed by atoms with Gasteiger partial charge in [-0.05, 0) is 38.0 Å². The number of fused-ring (bicyclic) bond motifs is 1. The number of ether oxygens (including phenoxy) is 1. The number of aryl methyl sites for hydroxylation is 2. The number of carboxylic acids is 1. The molecule has 3 aromatic rings. The van der Waals surface area contributed by atoms with Gasteiger partial charge in [0.05, 0.1) is 24.4 Å². The highest BCUT2D eigenvalue weighted by molar-refractivity contribution is 5.83. The minimum absolute atomic E-state index is 0.161. The number of aromatic nitrogens is 3. The van der Waals surface area contributed by atoms with Gasteiger partial charge in [0.1, 0.15) is 5.75 Å². The van der Waals surface area contributed by atoms with Gasteiger partial charge in [0.15, 0.2) is 5.65 Å². The molecule has 0 saturated carbocycles. The molecular formula is C24H31N3O3. The van der Waals surface area contributed by atoms with Crippen LogP contribution in [0.25, 0.3) is 16.9 Å². The Labute approximate surface area is 177 Å². The van der Waals surface area contributed by atoms with Gasteiger partial charge in [-0.15, -0.1) is 0 Å². The van der Waals surface area contributed by atoms with Crippen LogP contribution in [0.1, 0.15) is 69.0 Å². The van der Waals surface area contributed by atoms with E-state index in [9.17, 15) is 9.90 Å². The van der Waals surface area contributed by atoms with E-state index in [2.05, 4.69) is 20.8 Å². The number of hydrogen-bond donors (Lipinski definition) is 1. The molecule has 1 aromatic carbocycles. The number of methoxy groups -OCH3 is 1. The summed E-state index contributed by atoms with van der Waals surface area (Å²) in [6.07, 6.45) is 1.28. The highest BCUT2D eigenvalue weighted by Gasteiger charge is 2.30. The van der Waals surface area contributed by atoms with Crippen LogP contribution in [0.15, 0.2) is 24.3 Å². The lowest BCUT2D eigenvalue weighted by Crippen LogP contribution is -2.18. The van der Waals surface area contributed by atoms with Crippen molar-refractivity contribution in [3.05, 3.63) is 46.8 Å². The fraction of sp³-hybridized carbons (Fsp3) is 0.458. The lowest BCUT2D eigenvalue weighted by molar-refractivity contribution is -0.139. The topological polar surface area (TPSA) is 76.7 Å². The van der Waals surface area contributed by atoms with Crippen molar-refractivity contribution < 1.29 is 14.6 Å². The van der Waals surface area contributed by atoms with E-state index in [0.717, 1.165) is 28.9 Å². The molecule has 6 heteroatoms. The van der Waals surface area contributed by atoms with E-state index in [0.29, 0.717) is 29.1 Å². The summed E-state index contributed by atoms with van der Waals surface area (Å²) >= 11 is 0. The average Bonchev–Trinajstić information content (AvgIpc) is 3.09. The van der Waals surface area contributed by atoms with Crippen molar-refractivity contribution in [2.75, 3.05) is 7.11 Å². The normalized spacial score (nSPS) is 12.9. The van der Waals surface area contributed by atoms with Gasteiger partial charge in [-0.1, -0.05) is 40.2 Å². The van der Waals surface area contributed by atoms with E-state index in [1.165, 1.54) is 0 Å². The third-order valence-corrected chi connectivity index (χ3v) is 5.43. The molecule has 1 atom stereocenters. The smallest absolute Gasteiger partial charge is 0.311 e. The van der Waals surface area contributed by atoms with Crippen LogP contribution in [0.2, 0.25) is 0 Å². The molecule has 6 nitrogen and oxygen atoms in total. The Morgan fingerprint density at radius 3 is 2.50 bits per heavy atom. The summed E-state index contributed by atoms with van der Waals surface area (Å²) in [6.45, 7) is 12.2. The van der Waals surface area contributed by atoms with Crippen LogP contribution in [0.3, 0.4) is 0 Å². The van der Waals surface area contributed by atoms with Crippen LogP contribution in [-0.4, -0.2) is 32.8 Å². The van der Waals surface area contributed by atoms with Crippen LogP contribution >= 0.6 is 0 Å². The van der Waals surface area contributed by atoms with Crippen molar-refractivity contribution in [3.63, 3.8) is 0 Å². The predicted octanol–water partition coefficient (Wildman–Crippen LogP) is 5.29. The molecule has 1 N–H and O–H groups in total. The Bertz CT molecular complexity index is 1090. The summed E-state index contributed by atoms with van der Waals surface area (Å²) in [7, 11) is 1.63. The summed E-state index contributed by atoms with van der Waals surface area (Å²) in [5, 5.41) is 14.9. The number of nitrogens with zero attached hydrogens (tertiary/aromatic N) is 3. The van der Waals surface area contributed by atoms with E-state index >= 15 is 0 Å². The van der Waals surface area contributed by atoms with Gasteiger partial charge >= 0.3 is 5.97 Å². The van der Waals surface area contributed by atoms with Crippen LogP contribution in [-0.2, 0) is 10.2 Å². The van der Waals surface area contributed by atoms with Gasteiger partial charge in [-0.2, -0.15) is 5.10 Å². The average molecular weight is 410 g/mol. The summed E-state index contributed by atoms with van der Waals surface area (Å²) < 4.78 is 7.48. The first-order chi connectivity index (χ1) is 14.1. The number of hydrogen-bond acceptors (Lipinski definition) is 4. The van der Waals surface area contributed by atoms with Gasteiger partial charge in [0, 0.05) is 28.3 Å². The van der Waals surface area contributed by atoms with Crippen molar-refractivity contribution in [1.82, 2.24) is 14.6 Å². The molecule has 0 aliphatic heterocycles. The SMILES string of the molecule is CCCC(C(=O)O)c1c(C)nc2cc(C(C)(C)C)nn2c1-c1ccc(C)cc1OC. The first-order valence-corrected chi connectivity index (χ1v) is 10.4. The third-order valence-electron chi connectivity index (χ3n) is 5.43. The molecule has 0 fully saturated rings. The monoisotopic (exact) mass is 409 g/mol. The highest BCUT2D eigenvalue weighted by Crippen LogP contribution is 2.39. The quantitative estimate of drug-likeness (QED) is 0.599. The fourth-order valence-corrected chi connectivity index (χ4v) is 3.85. The maximum absolute atomic E-state index is 12.2. The van der Waals surface area contributed by atoms with Gasteiger partial charge in [0.2, 0.25) is 0 Å². The van der Waals surface area contributed by atoms with E-state index in [1.54, 1.807) is 11.6 Å². The second kappa shape index (κ2) is 8.09. The summed E-state index contributed by atoms with van der Waals surface area (Å²) in [4.78, 5) is 17.0. The lowest BCUT2D eigenvalue weighted by Gasteiger charge is -2.21. The standard InChI is InChI=1S/C24H31N3O3/c1-8-9-17(23(28)29)21-15(3)25-20-13-19(24(4,5)6)26-27(20)22(21)16-11-10-14(2)12-18(16)30-7/h10-13,17H,8-9H2,1-7H3,(H,28,29). The van der Waals surface area contributed by atoms with E-state index < -0.39 is 11.9 Å². The van der Waals surface area contributed by atoms with Gasteiger partial charge in [-0.3, -0.25) is 4.79 Å². The minimum atomic E-state index is -0.850. The molecule has 1 unspecified atom stereocenters. The summed E-state index contributed by atoms with van der Waals surface area (Å²) in [5.41, 5.74) is 5.49. The molecule has 0 radical (unpaired) electrons. The number of aliphatic carboxylic acids is 1. The molecular weight excluding hydrogens is 378 g/mol. The lowest BCUT2D eigenvalue weighted by atomic mass is 9.89. The van der Waals surface area contributed by atoms with E-state index in [4.69, 9.17) is 14.8 Å². The van der Waals surface area contributed by atoms with E-state index in [-0.39, 0.29) is 5.41 Å². The zero-order valence-corrected chi connectivity index (χ0v) is 18.9.